The largest absolute Gasteiger partial charge is 0.436 e. The SMILES string of the molecule is CC(=O)Oc1c(C)cc(C[C@@H](OC(=O)N2CCC(N3CCc4ccccc4NC3=O)CC2)C(=O)N2CCN(C3CCOCC3)CC2)cc1Cl. The molecule has 0 aromatic heterocycles. The molecule has 0 saturated carbocycles. The highest BCUT2D eigenvalue weighted by Gasteiger charge is 2.36. The first-order valence-electron chi connectivity index (χ1n) is 17.4. The number of para-hydroxylation sites is 1. The highest BCUT2D eigenvalue weighted by molar-refractivity contribution is 6.32. The van der Waals surface area contributed by atoms with E-state index in [4.69, 9.17) is 25.8 Å². The lowest BCUT2D eigenvalue weighted by Crippen LogP contribution is -2.56. The van der Waals surface area contributed by atoms with E-state index in [2.05, 4.69) is 10.2 Å². The van der Waals surface area contributed by atoms with Gasteiger partial charge in [-0.05, 0) is 67.9 Å². The molecule has 4 aliphatic heterocycles. The summed E-state index contributed by atoms with van der Waals surface area (Å²) >= 11 is 6.50. The summed E-state index contributed by atoms with van der Waals surface area (Å²) in [5, 5.41) is 3.28. The van der Waals surface area contributed by atoms with Gasteiger partial charge in [-0.15, -0.1) is 0 Å². The number of benzene rings is 2. The second-order valence-electron chi connectivity index (χ2n) is 13.3. The van der Waals surface area contributed by atoms with Crippen LogP contribution in [-0.2, 0) is 31.9 Å². The van der Waals surface area contributed by atoms with Crippen molar-refractivity contribution in [1.82, 2.24) is 19.6 Å². The van der Waals surface area contributed by atoms with Crippen LogP contribution in [0.1, 0.15) is 49.3 Å². The number of hydrogen-bond donors (Lipinski definition) is 1. The van der Waals surface area contributed by atoms with E-state index in [0.29, 0.717) is 62.7 Å². The second kappa shape index (κ2) is 15.8. The fourth-order valence-electron chi connectivity index (χ4n) is 7.44. The van der Waals surface area contributed by atoms with Crippen molar-refractivity contribution in [2.45, 2.75) is 70.6 Å². The van der Waals surface area contributed by atoms with Gasteiger partial charge in [-0.2, -0.15) is 0 Å². The summed E-state index contributed by atoms with van der Waals surface area (Å²) in [4.78, 5) is 60.1. The molecule has 0 radical (unpaired) electrons. The van der Waals surface area contributed by atoms with Gasteiger partial charge < -0.3 is 34.2 Å². The van der Waals surface area contributed by atoms with Crippen LogP contribution in [-0.4, -0.2) is 121 Å². The average Bonchev–Trinajstić information content (AvgIpc) is 3.27. The Hall–Kier alpha value is -3.87. The van der Waals surface area contributed by atoms with Gasteiger partial charge in [-0.1, -0.05) is 35.9 Å². The van der Waals surface area contributed by atoms with Gasteiger partial charge in [-0.3, -0.25) is 14.5 Å². The monoisotopic (exact) mass is 695 g/mol. The number of rotatable bonds is 7. The number of aryl methyl sites for hydroxylation is 1. The summed E-state index contributed by atoms with van der Waals surface area (Å²) in [5.74, 6) is -0.453. The molecule has 4 aliphatic rings. The van der Waals surface area contributed by atoms with Crippen LogP contribution < -0.4 is 10.1 Å². The number of likely N-dealkylation sites (tertiary alicyclic amines) is 1. The third-order valence-corrected chi connectivity index (χ3v) is 10.4. The van der Waals surface area contributed by atoms with E-state index in [1.807, 2.05) is 29.2 Å². The van der Waals surface area contributed by atoms with E-state index in [-0.39, 0.29) is 35.2 Å². The van der Waals surface area contributed by atoms with Crippen molar-refractivity contribution in [3.8, 4) is 5.75 Å². The molecule has 0 aliphatic carbocycles. The van der Waals surface area contributed by atoms with Crippen LogP contribution in [0.15, 0.2) is 36.4 Å². The number of piperazine rings is 1. The van der Waals surface area contributed by atoms with Gasteiger partial charge in [0.05, 0.1) is 5.02 Å². The van der Waals surface area contributed by atoms with Crippen LogP contribution in [0.5, 0.6) is 5.75 Å². The molecule has 0 spiro atoms. The molecule has 13 heteroatoms. The Morgan fingerprint density at radius 1 is 0.939 bits per heavy atom. The van der Waals surface area contributed by atoms with E-state index < -0.39 is 18.2 Å². The smallest absolute Gasteiger partial charge is 0.410 e. The van der Waals surface area contributed by atoms with Crippen molar-refractivity contribution in [1.29, 1.82) is 0 Å². The van der Waals surface area contributed by atoms with E-state index in [9.17, 15) is 19.2 Å². The second-order valence-corrected chi connectivity index (χ2v) is 13.8. The molecule has 3 fully saturated rings. The number of amides is 4. The summed E-state index contributed by atoms with van der Waals surface area (Å²) in [6.45, 7) is 8.63. The highest BCUT2D eigenvalue weighted by atomic mass is 35.5. The van der Waals surface area contributed by atoms with Crippen molar-refractivity contribution < 1.29 is 33.4 Å². The topological polar surface area (TPSA) is 121 Å². The van der Waals surface area contributed by atoms with Gasteiger partial charge >= 0.3 is 18.1 Å². The number of carbonyl (C=O) groups is 4. The Kier molecular flexibility index (Phi) is 11.3. The molecule has 12 nitrogen and oxygen atoms in total. The molecule has 2 aromatic carbocycles. The third kappa shape index (κ3) is 8.48. The van der Waals surface area contributed by atoms with Gasteiger partial charge in [0, 0.05) is 90.1 Å². The summed E-state index contributed by atoms with van der Waals surface area (Å²) in [6, 6.07) is 11.6. The van der Waals surface area contributed by atoms with Crippen molar-refractivity contribution in [2.24, 2.45) is 0 Å². The molecule has 0 unspecified atom stereocenters. The lowest BCUT2D eigenvalue weighted by Gasteiger charge is -2.41. The Bertz CT molecular complexity index is 1510. The van der Waals surface area contributed by atoms with Crippen molar-refractivity contribution in [3.63, 3.8) is 0 Å². The molecule has 49 heavy (non-hydrogen) atoms. The highest BCUT2D eigenvalue weighted by Crippen LogP contribution is 2.31. The fraction of sp³-hybridized carbons (Fsp3) is 0.556. The quantitative estimate of drug-likeness (QED) is 0.332. The number of nitrogens with one attached hydrogen (secondary N) is 1. The third-order valence-electron chi connectivity index (χ3n) is 10.1. The van der Waals surface area contributed by atoms with Crippen LogP contribution >= 0.6 is 11.6 Å². The van der Waals surface area contributed by atoms with Gasteiger partial charge in [0.1, 0.15) is 0 Å². The fourth-order valence-corrected chi connectivity index (χ4v) is 7.77. The molecule has 2 aromatic rings. The predicted molar refractivity (Wildman–Crippen MR) is 184 cm³/mol. The molecule has 1 N–H and O–H groups in total. The van der Waals surface area contributed by atoms with Crippen LogP contribution in [0.3, 0.4) is 0 Å². The molecule has 1 atom stereocenters. The lowest BCUT2D eigenvalue weighted by atomic mass is 10.0. The van der Waals surface area contributed by atoms with Crippen molar-refractivity contribution >= 4 is 41.3 Å². The molecular formula is C36H46ClN5O7. The molecule has 4 amide bonds. The van der Waals surface area contributed by atoms with E-state index in [1.54, 1.807) is 28.9 Å². The number of urea groups is 1. The van der Waals surface area contributed by atoms with Crippen LogP contribution in [0.4, 0.5) is 15.3 Å². The van der Waals surface area contributed by atoms with E-state index >= 15 is 0 Å². The zero-order chi connectivity index (χ0) is 34.5. The number of anilines is 1. The molecule has 4 heterocycles. The summed E-state index contributed by atoms with van der Waals surface area (Å²) in [5.41, 5.74) is 3.28. The average molecular weight is 696 g/mol. The molecule has 6 rings (SSSR count). The Labute approximate surface area is 292 Å². The Balaban J connectivity index is 1.11. The van der Waals surface area contributed by atoms with Crippen LogP contribution in [0.2, 0.25) is 5.02 Å². The number of carbonyl (C=O) groups excluding carboxylic acids is 4. The van der Waals surface area contributed by atoms with E-state index in [1.165, 1.54) is 6.92 Å². The van der Waals surface area contributed by atoms with Gasteiger partial charge in [0.2, 0.25) is 0 Å². The molecule has 264 valence electrons. The minimum atomic E-state index is -1.07. The molecule has 0 bridgehead atoms. The van der Waals surface area contributed by atoms with Crippen molar-refractivity contribution in [2.75, 3.05) is 64.3 Å². The zero-order valence-corrected chi connectivity index (χ0v) is 29.1. The van der Waals surface area contributed by atoms with Gasteiger partial charge in [-0.25, -0.2) is 9.59 Å². The first kappa shape index (κ1) is 35.0. The summed E-state index contributed by atoms with van der Waals surface area (Å²) in [7, 11) is 0. The van der Waals surface area contributed by atoms with E-state index in [0.717, 1.165) is 56.8 Å². The maximum absolute atomic E-state index is 14.0. The number of piperidine rings is 1. The van der Waals surface area contributed by atoms with Crippen molar-refractivity contribution in [3.05, 3.63) is 58.1 Å². The van der Waals surface area contributed by atoms with Gasteiger partial charge in [0.15, 0.2) is 11.9 Å². The first-order chi connectivity index (χ1) is 23.7. The van der Waals surface area contributed by atoms with Crippen LogP contribution in [0.25, 0.3) is 0 Å². The zero-order valence-electron chi connectivity index (χ0n) is 28.3. The Morgan fingerprint density at radius 2 is 1.65 bits per heavy atom. The molecule has 3 saturated heterocycles. The predicted octanol–water partition coefficient (Wildman–Crippen LogP) is 4.50. The summed E-state index contributed by atoms with van der Waals surface area (Å²) in [6.07, 6.45) is 2.46. The number of hydrogen-bond acceptors (Lipinski definition) is 8. The summed E-state index contributed by atoms with van der Waals surface area (Å²) < 4.78 is 16.8. The van der Waals surface area contributed by atoms with Gasteiger partial charge in [0.25, 0.3) is 5.91 Å². The maximum atomic E-state index is 14.0. The van der Waals surface area contributed by atoms with Crippen LogP contribution in [0, 0.1) is 6.92 Å². The maximum Gasteiger partial charge on any atom is 0.410 e. The standard InChI is InChI=1S/C36H46ClN5O7/c1-24-21-26(22-30(37)33(24)48-25(2)43)23-32(34(44)40-17-15-39(16-18-40)28-10-19-47-20-11-28)49-36(46)41-12-8-29(9-13-41)42-14-7-27-5-3-4-6-31(27)38-35(42)45/h3-6,21-22,28-29,32H,7-20,23H2,1-2H3,(H,38,45)/t32-/m1/s1. The minimum absolute atomic E-state index is 0.0105. The lowest BCUT2D eigenvalue weighted by molar-refractivity contribution is -0.143. The first-order valence-corrected chi connectivity index (χ1v) is 17.7. The number of ether oxygens (including phenoxy) is 3. The minimum Gasteiger partial charge on any atom is -0.436 e. The number of fused-ring (bicyclic) bond motifs is 1. The Morgan fingerprint density at radius 3 is 2.35 bits per heavy atom. The number of halogens is 1. The number of nitrogens with zero attached hydrogens (tertiary/aromatic N) is 4. The number of esters is 1. The normalized spacial score (nSPS) is 20.2. The molecular weight excluding hydrogens is 650 g/mol.